The Morgan fingerprint density at radius 2 is 1.59 bits per heavy atom. The zero-order valence-corrected chi connectivity index (χ0v) is 13.9. The van der Waals surface area contributed by atoms with Gasteiger partial charge in [0.15, 0.2) is 0 Å². The number of rotatable bonds is 1. The van der Waals surface area contributed by atoms with E-state index < -0.39 is 11.7 Å². The van der Waals surface area contributed by atoms with E-state index >= 15 is 0 Å². The zero-order chi connectivity index (χ0) is 16.5. The zero-order valence-electron chi connectivity index (χ0n) is 10.7. The second-order valence-corrected chi connectivity index (χ2v) is 5.72. The second-order valence-electron chi connectivity index (χ2n) is 4.21. The van der Waals surface area contributed by atoms with Crippen molar-refractivity contribution in [1.29, 1.82) is 10.5 Å². The third-order valence-electron chi connectivity index (χ3n) is 2.91. The van der Waals surface area contributed by atoms with Crippen LogP contribution in [0.25, 0.3) is 11.1 Å². The van der Waals surface area contributed by atoms with Crippen LogP contribution in [-0.4, -0.2) is 21.8 Å². The summed E-state index contributed by atoms with van der Waals surface area (Å²) in [4.78, 5) is 3.93. The van der Waals surface area contributed by atoms with Crippen molar-refractivity contribution >= 4 is 32.9 Å². The summed E-state index contributed by atoms with van der Waals surface area (Å²) in [6.07, 6.45) is -4.45. The molecule has 3 nitrogen and oxygen atoms in total. The van der Waals surface area contributed by atoms with Crippen LogP contribution < -0.4 is 4.48 Å². The van der Waals surface area contributed by atoms with Crippen molar-refractivity contribution in [2.45, 2.75) is 6.18 Å². The van der Waals surface area contributed by atoms with Gasteiger partial charge in [-0.15, -0.1) is 0 Å². The summed E-state index contributed by atoms with van der Waals surface area (Å²) in [5, 5.41) is 18.4. The molecule has 0 bridgehead atoms. The molecule has 0 saturated carbocycles. The summed E-state index contributed by atoms with van der Waals surface area (Å²) < 4.78 is 38.2. The number of aromatic nitrogens is 1. The number of pyridine rings is 1. The van der Waals surface area contributed by atoms with Crippen molar-refractivity contribution in [3.63, 3.8) is 0 Å². The van der Waals surface area contributed by atoms with Gasteiger partial charge in [-0.05, 0) is 0 Å². The monoisotopic (exact) mass is 383 g/mol. The molecule has 1 aromatic heterocycles. The molecule has 0 aliphatic heterocycles. The normalized spacial score (nSPS) is 10.9. The Morgan fingerprint density at radius 3 is 2.05 bits per heavy atom. The standard InChI is InChI=1S/C14H6AsClF3N3/c15-12-9(5-20)11(10(6-21)13(16)22-12)7-1-3-8(4-2-7)14(17,18)19/h1-4H,15H2. The number of nitrogens with zero attached hydrogens (tertiary/aromatic N) is 3. The number of halogens is 4. The molecule has 110 valence electrons. The number of nitriles is 2. The molecule has 0 N–H and O–H groups in total. The molecule has 0 radical (unpaired) electrons. The van der Waals surface area contributed by atoms with Crippen LogP contribution >= 0.6 is 11.6 Å². The van der Waals surface area contributed by atoms with E-state index in [4.69, 9.17) is 11.6 Å². The van der Waals surface area contributed by atoms with Gasteiger partial charge in [0.05, 0.1) is 0 Å². The van der Waals surface area contributed by atoms with E-state index in [1.165, 1.54) is 12.1 Å². The molecule has 1 aromatic carbocycles. The third kappa shape index (κ3) is 2.94. The Hall–Kier alpha value is -2.01. The number of hydrogen-bond acceptors (Lipinski definition) is 3. The van der Waals surface area contributed by atoms with Crippen molar-refractivity contribution in [2.75, 3.05) is 0 Å². The molecule has 8 heteroatoms. The van der Waals surface area contributed by atoms with Crippen molar-refractivity contribution in [3.05, 3.63) is 46.1 Å². The molecule has 0 saturated heterocycles. The molecular weight excluding hydrogens is 378 g/mol. The summed E-state index contributed by atoms with van der Waals surface area (Å²) in [7, 11) is 0. The number of hydrogen-bond donors (Lipinski definition) is 0. The fourth-order valence-corrected chi connectivity index (χ4v) is 3.01. The molecule has 0 aliphatic carbocycles. The Kier molecular flexibility index (Phi) is 4.47. The SMILES string of the molecule is N#Cc1c(Cl)nc([AsH2])c(C#N)c1-c1ccc(C(F)(F)F)cc1. The van der Waals surface area contributed by atoms with E-state index in [0.29, 0.717) is 10.0 Å². The van der Waals surface area contributed by atoms with Gasteiger partial charge in [0.25, 0.3) is 0 Å². The van der Waals surface area contributed by atoms with Gasteiger partial charge < -0.3 is 0 Å². The first-order valence-electron chi connectivity index (χ1n) is 5.76. The van der Waals surface area contributed by atoms with Crippen LogP contribution in [-0.2, 0) is 6.18 Å². The first kappa shape index (κ1) is 16.4. The first-order chi connectivity index (χ1) is 10.3. The van der Waals surface area contributed by atoms with Crippen molar-refractivity contribution in [2.24, 2.45) is 0 Å². The summed E-state index contributed by atoms with van der Waals surface area (Å²) in [6.45, 7) is 0. The molecule has 1 heterocycles. The summed E-state index contributed by atoms with van der Waals surface area (Å²) in [5.74, 6) is 0. The quantitative estimate of drug-likeness (QED) is 0.561. The Labute approximate surface area is 137 Å². The van der Waals surface area contributed by atoms with Gasteiger partial charge >= 0.3 is 137 Å². The fraction of sp³-hybridized carbons (Fsp3) is 0.0714. The molecule has 1 unspecified atom stereocenters. The second kappa shape index (κ2) is 6.00. The predicted molar refractivity (Wildman–Crippen MR) is 77.3 cm³/mol. The van der Waals surface area contributed by atoms with Gasteiger partial charge in [0.1, 0.15) is 0 Å². The van der Waals surface area contributed by atoms with E-state index in [2.05, 4.69) is 4.98 Å². The van der Waals surface area contributed by atoms with Crippen LogP contribution in [0.5, 0.6) is 0 Å². The van der Waals surface area contributed by atoms with Gasteiger partial charge in [0.2, 0.25) is 0 Å². The molecule has 0 amide bonds. The number of benzene rings is 1. The molecule has 22 heavy (non-hydrogen) atoms. The molecular formula is C14H6AsClF3N3. The summed E-state index contributed by atoms with van der Waals surface area (Å²) >= 11 is 6.94. The average molecular weight is 384 g/mol. The van der Waals surface area contributed by atoms with Crippen LogP contribution in [0.3, 0.4) is 0 Å². The topological polar surface area (TPSA) is 60.5 Å². The minimum absolute atomic E-state index is 0.0284. The van der Waals surface area contributed by atoms with E-state index in [0.717, 1.165) is 29.0 Å². The fourth-order valence-electron chi connectivity index (χ4n) is 1.90. The molecule has 1 atom stereocenters. The van der Waals surface area contributed by atoms with E-state index in [1.54, 1.807) is 0 Å². The predicted octanol–water partition coefficient (Wildman–Crippen LogP) is 2.42. The molecule has 0 aliphatic rings. The van der Waals surface area contributed by atoms with Crippen LogP contribution in [0.4, 0.5) is 13.2 Å². The van der Waals surface area contributed by atoms with Crippen LogP contribution in [0, 0.1) is 22.7 Å². The van der Waals surface area contributed by atoms with Gasteiger partial charge in [-0.2, -0.15) is 0 Å². The third-order valence-corrected chi connectivity index (χ3v) is 4.06. The molecule has 0 fully saturated rings. The number of alkyl halides is 3. The Bertz CT molecular complexity index is 779. The first-order valence-corrected chi connectivity index (χ1v) is 7.35. The van der Waals surface area contributed by atoms with Crippen molar-refractivity contribution in [1.82, 2.24) is 4.98 Å². The molecule has 2 rings (SSSR count). The Balaban J connectivity index is 2.73. The molecule has 2 aromatic rings. The van der Waals surface area contributed by atoms with E-state index in [9.17, 15) is 23.7 Å². The van der Waals surface area contributed by atoms with Gasteiger partial charge in [-0.3, -0.25) is 0 Å². The Morgan fingerprint density at radius 1 is 1.05 bits per heavy atom. The van der Waals surface area contributed by atoms with Crippen molar-refractivity contribution in [3.8, 4) is 23.3 Å². The van der Waals surface area contributed by atoms with Crippen LogP contribution in [0.15, 0.2) is 24.3 Å². The average Bonchev–Trinajstić information content (AvgIpc) is 2.46. The van der Waals surface area contributed by atoms with E-state index in [-0.39, 0.29) is 21.8 Å². The minimum atomic E-state index is -4.45. The maximum atomic E-state index is 12.6. The van der Waals surface area contributed by atoms with Gasteiger partial charge in [-0.25, -0.2) is 0 Å². The maximum absolute atomic E-state index is 12.6. The van der Waals surface area contributed by atoms with Crippen LogP contribution in [0.1, 0.15) is 16.7 Å². The molecule has 0 spiro atoms. The van der Waals surface area contributed by atoms with Crippen molar-refractivity contribution < 1.29 is 13.2 Å². The van der Waals surface area contributed by atoms with E-state index in [1.807, 2.05) is 12.1 Å². The van der Waals surface area contributed by atoms with Crippen LogP contribution in [0.2, 0.25) is 5.15 Å². The van der Waals surface area contributed by atoms with Gasteiger partial charge in [0, 0.05) is 0 Å². The summed E-state index contributed by atoms with van der Waals surface area (Å²) in [5.41, 5.74) is -0.183. The summed E-state index contributed by atoms with van der Waals surface area (Å²) in [6, 6.07) is 7.99. The van der Waals surface area contributed by atoms with Gasteiger partial charge in [-0.1, -0.05) is 0 Å².